The number of alkyl halides is 3. The van der Waals surface area contributed by atoms with Crippen molar-refractivity contribution in [1.29, 1.82) is 0 Å². The van der Waals surface area contributed by atoms with E-state index in [2.05, 4.69) is 117 Å². The molecule has 6 aromatic heterocycles. The van der Waals surface area contributed by atoms with Crippen LogP contribution in [0.15, 0.2) is 99.5 Å². The van der Waals surface area contributed by atoms with Crippen LogP contribution in [0.3, 0.4) is 0 Å². The summed E-state index contributed by atoms with van der Waals surface area (Å²) in [7, 11) is 0. The number of imidazole rings is 4. The molecule has 3 N–H and O–H groups in total. The van der Waals surface area contributed by atoms with Crippen LogP contribution in [0, 0.1) is 0 Å². The number of hydrogen-bond donors (Lipinski definition) is 3. The van der Waals surface area contributed by atoms with Crippen molar-refractivity contribution in [3.8, 4) is 45.0 Å². The first-order chi connectivity index (χ1) is 27.6. The summed E-state index contributed by atoms with van der Waals surface area (Å²) in [5.74, 6) is 3.82. The Hall–Kier alpha value is -4.87. The predicted octanol–water partition coefficient (Wildman–Crippen LogP) is 11.4. The molecule has 0 spiro atoms. The highest BCUT2D eigenvalue weighted by molar-refractivity contribution is 9.11. The van der Waals surface area contributed by atoms with E-state index in [1.54, 1.807) is 12.4 Å². The Kier molecular flexibility index (Phi) is 10.2. The van der Waals surface area contributed by atoms with Gasteiger partial charge in [-0.1, -0.05) is 48.5 Å². The minimum Gasteiger partial charge on any atom is -0.367 e. The van der Waals surface area contributed by atoms with Gasteiger partial charge in [-0.2, -0.15) is 13.2 Å². The van der Waals surface area contributed by atoms with Gasteiger partial charge in [-0.25, -0.2) is 29.9 Å². The number of nitrogens with zero attached hydrogens (tertiary/aromatic N) is 8. The molecule has 2 aliphatic rings. The van der Waals surface area contributed by atoms with Gasteiger partial charge in [-0.05, 0) is 91.0 Å². The highest BCUT2D eigenvalue weighted by Crippen LogP contribution is 2.40. The van der Waals surface area contributed by atoms with Crippen molar-refractivity contribution in [3.63, 3.8) is 0 Å². The van der Waals surface area contributed by atoms with Gasteiger partial charge < -0.3 is 15.3 Å². The molecule has 6 heterocycles. The molecule has 0 unspecified atom stereocenters. The molecule has 0 atom stereocenters. The summed E-state index contributed by atoms with van der Waals surface area (Å²) >= 11 is 10.3. The second-order valence-corrected chi connectivity index (χ2v) is 16.5. The minimum atomic E-state index is -4.16. The van der Waals surface area contributed by atoms with E-state index in [1.807, 2.05) is 57.9 Å². The number of nitrogens with one attached hydrogen (secondary N) is 3. The van der Waals surface area contributed by atoms with Crippen LogP contribution < -0.4 is 5.32 Å². The van der Waals surface area contributed by atoms with Crippen LogP contribution in [-0.2, 0) is 0 Å². The third-order valence-corrected chi connectivity index (χ3v) is 11.2. The summed E-state index contributed by atoms with van der Waals surface area (Å²) in [5.41, 5.74) is 9.55. The lowest BCUT2D eigenvalue weighted by molar-refractivity contribution is -0.134. The summed E-state index contributed by atoms with van der Waals surface area (Å²) in [4.78, 5) is 33.4. The Bertz CT molecular complexity index is 2690. The molecule has 8 aromatic rings. The van der Waals surface area contributed by atoms with Crippen molar-refractivity contribution < 1.29 is 13.2 Å². The molecule has 290 valence electrons. The molecule has 57 heavy (non-hydrogen) atoms. The Balaban J connectivity index is 0.000000153. The summed E-state index contributed by atoms with van der Waals surface area (Å²) < 4.78 is 43.1. The van der Waals surface area contributed by atoms with Gasteiger partial charge in [-0.3, -0.25) is 8.80 Å². The van der Waals surface area contributed by atoms with E-state index in [0.717, 1.165) is 71.5 Å². The zero-order chi connectivity index (χ0) is 39.3. The van der Waals surface area contributed by atoms with E-state index in [0.29, 0.717) is 27.9 Å². The lowest BCUT2D eigenvalue weighted by Crippen LogP contribution is -2.12. The van der Waals surface area contributed by atoms with Crippen LogP contribution in [0.5, 0.6) is 0 Å². The van der Waals surface area contributed by atoms with Gasteiger partial charge in [0.2, 0.25) is 0 Å². The van der Waals surface area contributed by atoms with Crippen LogP contribution >= 0.6 is 47.8 Å². The molecule has 0 saturated heterocycles. The Labute approximate surface area is 349 Å². The number of halogens is 6. The number of H-pyrrole nitrogens is 2. The fourth-order valence-corrected chi connectivity index (χ4v) is 8.15. The number of hydrogen-bond acceptors (Lipinski definition) is 7. The number of anilines is 1. The van der Waals surface area contributed by atoms with E-state index in [9.17, 15) is 13.2 Å². The van der Waals surface area contributed by atoms with Crippen LogP contribution in [0.1, 0.15) is 62.0 Å². The van der Waals surface area contributed by atoms with Crippen molar-refractivity contribution in [3.05, 3.63) is 111 Å². The first kappa shape index (κ1) is 37.7. The zero-order valence-electron chi connectivity index (χ0n) is 30.0. The van der Waals surface area contributed by atoms with E-state index >= 15 is 0 Å². The summed E-state index contributed by atoms with van der Waals surface area (Å²) in [6.45, 7) is 0.155. The zero-order valence-corrected chi connectivity index (χ0v) is 34.8. The molecule has 0 amide bonds. The van der Waals surface area contributed by atoms with Gasteiger partial charge in [0.25, 0.3) is 0 Å². The van der Waals surface area contributed by atoms with Crippen LogP contribution in [-0.4, -0.2) is 61.4 Å². The van der Waals surface area contributed by atoms with E-state index in [1.165, 1.54) is 25.7 Å². The quantitative estimate of drug-likeness (QED) is 0.116. The molecule has 2 fully saturated rings. The second-order valence-electron chi connectivity index (χ2n) is 14.2. The number of fused-ring (bicyclic) bond motifs is 2. The summed E-state index contributed by atoms with van der Waals surface area (Å²) in [6.07, 6.45) is 11.0. The molecular formula is C40H33Br3F3N11. The van der Waals surface area contributed by atoms with E-state index in [4.69, 9.17) is 0 Å². The number of rotatable bonds is 10. The number of benzene rings is 2. The smallest absolute Gasteiger partial charge is 0.367 e. The average Bonchev–Trinajstić information content (AvgIpc) is 3.99. The highest BCUT2D eigenvalue weighted by atomic mass is 79.9. The maximum atomic E-state index is 12.4. The molecule has 0 aliphatic heterocycles. The molecule has 0 bridgehead atoms. The second kappa shape index (κ2) is 15.5. The normalized spacial score (nSPS) is 14.3. The first-order valence-corrected chi connectivity index (χ1v) is 20.8. The van der Waals surface area contributed by atoms with Crippen molar-refractivity contribution in [2.24, 2.45) is 0 Å². The van der Waals surface area contributed by atoms with Gasteiger partial charge in [0.05, 0.1) is 47.6 Å². The summed E-state index contributed by atoms with van der Waals surface area (Å²) in [5, 5.41) is 2.98. The van der Waals surface area contributed by atoms with Gasteiger partial charge >= 0.3 is 6.18 Å². The van der Waals surface area contributed by atoms with E-state index < -0.39 is 12.6 Å². The lowest BCUT2D eigenvalue weighted by Gasteiger charge is -2.10. The van der Waals surface area contributed by atoms with Gasteiger partial charge in [0, 0.05) is 48.3 Å². The molecule has 11 nitrogen and oxygen atoms in total. The lowest BCUT2D eigenvalue weighted by atomic mass is 10.1. The van der Waals surface area contributed by atoms with Crippen molar-refractivity contribution in [2.45, 2.75) is 56.5 Å². The molecule has 2 aromatic carbocycles. The maximum Gasteiger partial charge on any atom is 0.389 e. The monoisotopic (exact) mass is 961 g/mol. The van der Waals surface area contributed by atoms with Crippen molar-refractivity contribution >= 4 is 64.9 Å². The molecule has 10 rings (SSSR count). The first-order valence-electron chi connectivity index (χ1n) is 18.4. The van der Waals surface area contributed by atoms with E-state index in [-0.39, 0.29) is 13.0 Å². The van der Waals surface area contributed by atoms with Gasteiger partial charge in [-0.15, -0.1) is 0 Å². The van der Waals surface area contributed by atoms with Crippen molar-refractivity contribution in [1.82, 2.24) is 48.7 Å². The molecule has 0 radical (unpaired) electrons. The molecule has 2 saturated carbocycles. The number of aromatic nitrogens is 10. The fourth-order valence-electron chi connectivity index (χ4n) is 6.66. The Morgan fingerprint density at radius 2 is 1.11 bits per heavy atom. The number of aromatic amines is 2. The third-order valence-electron chi connectivity index (χ3n) is 9.92. The largest absolute Gasteiger partial charge is 0.389 e. The molecular weight excluding hydrogens is 931 g/mol. The maximum absolute atomic E-state index is 12.4. The van der Waals surface area contributed by atoms with Crippen LogP contribution in [0.4, 0.5) is 19.0 Å². The van der Waals surface area contributed by atoms with Gasteiger partial charge in [0.15, 0.2) is 21.7 Å². The topological polar surface area (TPSA) is 130 Å². The molecule has 2 aliphatic carbocycles. The summed E-state index contributed by atoms with van der Waals surface area (Å²) in [6, 6.07) is 16.5. The third kappa shape index (κ3) is 8.41. The SMILES string of the molecule is Brc1cn2c(-c3ccc(-c4cnc(C5CC5)[nH]4)cc3)cnc2c(Br)n1.FC(F)(F)CCCNc1nc(Br)cn2c(-c3ccc(-c4cnc(C5CC5)[nH]4)cc3)cnc12. The fraction of sp³-hybridized carbons (Fsp3) is 0.250. The minimum absolute atomic E-state index is 0.0328. The molecule has 17 heteroatoms. The van der Waals surface area contributed by atoms with Crippen LogP contribution in [0.25, 0.3) is 56.3 Å². The van der Waals surface area contributed by atoms with Crippen LogP contribution in [0.2, 0.25) is 0 Å². The Morgan fingerprint density at radius 1 is 0.632 bits per heavy atom. The van der Waals surface area contributed by atoms with Crippen molar-refractivity contribution in [2.75, 3.05) is 11.9 Å². The predicted molar refractivity (Wildman–Crippen MR) is 223 cm³/mol. The Morgan fingerprint density at radius 3 is 1.61 bits per heavy atom. The highest BCUT2D eigenvalue weighted by Gasteiger charge is 2.28. The average molecular weight is 964 g/mol. The van der Waals surface area contributed by atoms with Gasteiger partial charge in [0.1, 0.15) is 20.9 Å². The standard InChI is InChI=1S/C22H20BrF3N6.C18H13Br2N5/c23-18-12-32-17(11-29-21(32)20(31-18)27-9-1-8-22(24,25)26)14-4-2-13(3-5-14)16-10-28-19(30-16)15-6-7-15;19-15-9-25-14(8-22-18(25)16(20)24-15)11-3-1-10(2-4-11)13-7-21-17(23-13)12-5-6-12/h2-5,10-12,15H,1,6-9H2,(H,27,31)(H,28,30);1-4,7-9,12H,5-6H2,(H,21,23).